The Hall–Kier alpha value is -3.12. The van der Waals surface area contributed by atoms with E-state index in [0.29, 0.717) is 27.9 Å². The first-order valence-corrected chi connectivity index (χ1v) is 8.26. The van der Waals surface area contributed by atoms with Crippen molar-refractivity contribution in [2.75, 3.05) is 10.6 Å². The molecule has 0 aliphatic carbocycles. The molecule has 0 saturated heterocycles. The predicted octanol–water partition coefficient (Wildman–Crippen LogP) is 4.13. The highest BCUT2D eigenvalue weighted by molar-refractivity contribution is 6.30. The van der Waals surface area contributed by atoms with Crippen LogP contribution in [0.3, 0.4) is 0 Å². The van der Waals surface area contributed by atoms with E-state index < -0.39 is 0 Å². The number of aromatic nitrogens is 1. The summed E-state index contributed by atoms with van der Waals surface area (Å²) in [4.78, 5) is 23.2. The number of nitrogens with zero attached hydrogens (tertiary/aromatic N) is 1. The number of carbonyl (C=O) groups is 2. The molecule has 0 aliphatic rings. The van der Waals surface area contributed by atoms with Gasteiger partial charge in [0.25, 0.3) is 0 Å². The van der Waals surface area contributed by atoms with Crippen LogP contribution in [0.4, 0.5) is 11.4 Å². The third-order valence-electron chi connectivity index (χ3n) is 3.52. The molecule has 2 N–H and O–H groups in total. The summed E-state index contributed by atoms with van der Waals surface area (Å²) in [5, 5.41) is 10.0. The van der Waals surface area contributed by atoms with Crippen molar-refractivity contribution in [1.82, 2.24) is 5.16 Å². The molecule has 0 bridgehead atoms. The largest absolute Gasteiger partial charge is 0.356 e. The molecule has 3 rings (SSSR count). The van der Waals surface area contributed by atoms with Crippen LogP contribution in [0.25, 0.3) is 11.3 Å². The van der Waals surface area contributed by atoms with Gasteiger partial charge in [0, 0.05) is 35.0 Å². The van der Waals surface area contributed by atoms with Crippen LogP contribution in [0.15, 0.2) is 59.1 Å². The number of rotatable bonds is 5. The zero-order valence-corrected chi connectivity index (χ0v) is 14.7. The Labute approximate surface area is 155 Å². The van der Waals surface area contributed by atoms with Crippen molar-refractivity contribution in [2.45, 2.75) is 13.3 Å². The van der Waals surface area contributed by atoms with Gasteiger partial charge < -0.3 is 15.2 Å². The van der Waals surface area contributed by atoms with Crippen LogP contribution < -0.4 is 10.6 Å². The van der Waals surface area contributed by atoms with Gasteiger partial charge in [0.15, 0.2) is 5.76 Å². The number of benzene rings is 2. The molecule has 0 fully saturated rings. The molecule has 0 saturated carbocycles. The number of carbonyl (C=O) groups excluding carboxylic acids is 2. The van der Waals surface area contributed by atoms with Crippen molar-refractivity contribution in [3.63, 3.8) is 0 Å². The number of nitrogens with one attached hydrogen (secondary N) is 2. The quantitative estimate of drug-likeness (QED) is 0.708. The standard InChI is InChI=1S/C19H16ClN3O3/c1-12(24)21-15-6-8-16(9-7-15)22-19(25)11-17-10-18(26-23-17)13-2-4-14(20)5-3-13/h2-10H,11H2,1H3,(H,21,24)(H,22,25). The maximum absolute atomic E-state index is 12.2. The van der Waals surface area contributed by atoms with Gasteiger partial charge in [-0.05, 0) is 48.5 Å². The van der Waals surface area contributed by atoms with Crippen molar-refractivity contribution in [2.24, 2.45) is 0 Å². The normalized spacial score (nSPS) is 10.4. The van der Waals surface area contributed by atoms with E-state index in [1.807, 2.05) is 12.1 Å². The molecule has 1 heterocycles. The van der Waals surface area contributed by atoms with Crippen molar-refractivity contribution < 1.29 is 14.1 Å². The molecule has 132 valence electrons. The van der Waals surface area contributed by atoms with Crippen LogP contribution in [-0.4, -0.2) is 17.0 Å². The first-order valence-electron chi connectivity index (χ1n) is 7.88. The number of anilines is 2. The zero-order chi connectivity index (χ0) is 18.5. The first kappa shape index (κ1) is 17.7. The van der Waals surface area contributed by atoms with Gasteiger partial charge in [-0.25, -0.2) is 0 Å². The lowest BCUT2D eigenvalue weighted by atomic mass is 10.1. The van der Waals surface area contributed by atoms with Crippen LogP contribution in [0.1, 0.15) is 12.6 Å². The average molecular weight is 370 g/mol. The molecule has 2 amide bonds. The van der Waals surface area contributed by atoms with Crippen LogP contribution in [0.5, 0.6) is 0 Å². The minimum atomic E-state index is -0.215. The van der Waals surface area contributed by atoms with Gasteiger partial charge in [-0.2, -0.15) is 0 Å². The lowest BCUT2D eigenvalue weighted by Gasteiger charge is -2.06. The van der Waals surface area contributed by atoms with Crippen LogP contribution in [-0.2, 0) is 16.0 Å². The van der Waals surface area contributed by atoms with Gasteiger partial charge in [-0.1, -0.05) is 16.8 Å². The lowest BCUT2D eigenvalue weighted by molar-refractivity contribution is -0.116. The maximum atomic E-state index is 12.2. The van der Waals surface area contributed by atoms with E-state index in [-0.39, 0.29) is 18.2 Å². The molecule has 3 aromatic rings. The third-order valence-corrected chi connectivity index (χ3v) is 3.77. The smallest absolute Gasteiger partial charge is 0.230 e. The Kier molecular flexibility index (Phi) is 5.34. The second-order valence-electron chi connectivity index (χ2n) is 5.67. The van der Waals surface area contributed by atoms with E-state index in [1.54, 1.807) is 42.5 Å². The van der Waals surface area contributed by atoms with Crippen molar-refractivity contribution in [3.8, 4) is 11.3 Å². The molecule has 2 aromatic carbocycles. The second-order valence-corrected chi connectivity index (χ2v) is 6.11. The maximum Gasteiger partial charge on any atom is 0.230 e. The fourth-order valence-electron chi connectivity index (χ4n) is 2.36. The van der Waals surface area contributed by atoms with Crippen LogP contribution >= 0.6 is 11.6 Å². The molecule has 0 aliphatic heterocycles. The highest BCUT2D eigenvalue weighted by Gasteiger charge is 2.11. The first-order chi connectivity index (χ1) is 12.5. The SMILES string of the molecule is CC(=O)Nc1ccc(NC(=O)Cc2cc(-c3ccc(Cl)cc3)on2)cc1. The summed E-state index contributed by atoms with van der Waals surface area (Å²) in [6.45, 7) is 1.44. The Morgan fingerprint density at radius 2 is 1.62 bits per heavy atom. The lowest BCUT2D eigenvalue weighted by Crippen LogP contribution is -2.14. The summed E-state index contributed by atoms with van der Waals surface area (Å²) in [6.07, 6.45) is 0.0878. The van der Waals surface area contributed by atoms with Crippen LogP contribution in [0.2, 0.25) is 5.02 Å². The molecule has 0 spiro atoms. The highest BCUT2D eigenvalue weighted by Crippen LogP contribution is 2.22. The van der Waals surface area contributed by atoms with Gasteiger partial charge in [0.05, 0.1) is 12.1 Å². The minimum Gasteiger partial charge on any atom is -0.356 e. The highest BCUT2D eigenvalue weighted by atomic mass is 35.5. The summed E-state index contributed by atoms with van der Waals surface area (Å²) < 4.78 is 5.28. The Morgan fingerprint density at radius 3 is 2.23 bits per heavy atom. The fourth-order valence-corrected chi connectivity index (χ4v) is 2.48. The predicted molar refractivity (Wildman–Crippen MR) is 100 cm³/mol. The Morgan fingerprint density at radius 1 is 1.00 bits per heavy atom. The number of amides is 2. The van der Waals surface area contributed by atoms with Gasteiger partial charge in [0.1, 0.15) is 0 Å². The molecule has 26 heavy (non-hydrogen) atoms. The number of hydrogen-bond acceptors (Lipinski definition) is 4. The summed E-state index contributed by atoms with van der Waals surface area (Å²) in [6, 6.07) is 15.7. The van der Waals surface area contributed by atoms with E-state index in [9.17, 15) is 9.59 Å². The van der Waals surface area contributed by atoms with Crippen molar-refractivity contribution >= 4 is 34.8 Å². The second kappa shape index (κ2) is 7.84. The van der Waals surface area contributed by atoms with Crippen molar-refractivity contribution in [3.05, 3.63) is 65.3 Å². The minimum absolute atomic E-state index is 0.0878. The molecule has 6 nitrogen and oxygen atoms in total. The summed E-state index contributed by atoms with van der Waals surface area (Å²) in [5.41, 5.74) is 2.66. The molecule has 0 unspecified atom stereocenters. The van der Waals surface area contributed by atoms with Gasteiger partial charge in [-0.15, -0.1) is 0 Å². The average Bonchev–Trinajstić information content (AvgIpc) is 3.05. The number of hydrogen-bond donors (Lipinski definition) is 2. The van der Waals surface area contributed by atoms with E-state index >= 15 is 0 Å². The topological polar surface area (TPSA) is 84.2 Å². The Balaban J connectivity index is 1.60. The molecule has 0 radical (unpaired) electrons. The molecule has 1 aromatic heterocycles. The number of halogens is 1. The van der Waals surface area contributed by atoms with Gasteiger partial charge in [0.2, 0.25) is 11.8 Å². The van der Waals surface area contributed by atoms with E-state index in [1.165, 1.54) is 6.92 Å². The van der Waals surface area contributed by atoms with Gasteiger partial charge >= 0.3 is 0 Å². The zero-order valence-electron chi connectivity index (χ0n) is 14.0. The van der Waals surface area contributed by atoms with E-state index in [4.69, 9.17) is 16.1 Å². The third kappa shape index (κ3) is 4.70. The van der Waals surface area contributed by atoms with E-state index in [2.05, 4.69) is 15.8 Å². The summed E-state index contributed by atoms with van der Waals surface area (Å²) in [7, 11) is 0. The van der Waals surface area contributed by atoms with Gasteiger partial charge in [-0.3, -0.25) is 9.59 Å². The molecular weight excluding hydrogens is 354 g/mol. The summed E-state index contributed by atoms with van der Waals surface area (Å²) in [5.74, 6) is 0.210. The fraction of sp³-hybridized carbons (Fsp3) is 0.105. The van der Waals surface area contributed by atoms with Crippen molar-refractivity contribution in [1.29, 1.82) is 0 Å². The molecule has 7 heteroatoms. The summed E-state index contributed by atoms with van der Waals surface area (Å²) >= 11 is 5.86. The monoisotopic (exact) mass is 369 g/mol. The Bertz CT molecular complexity index is 918. The molecular formula is C19H16ClN3O3. The molecule has 0 atom stereocenters. The van der Waals surface area contributed by atoms with E-state index in [0.717, 1.165) is 5.56 Å². The van der Waals surface area contributed by atoms with Crippen LogP contribution in [0, 0.1) is 0 Å².